The molecule has 1 fully saturated rings. The summed E-state index contributed by atoms with van der Waals surface area (Å²) in [5.74, 6) is -1.37. The number of β-amino-alcohol motifs (C(OH)–C–C–N with tert-alkyl or cyclic N) is 1. The third kappa shape index (κ3) is 2.35. The number of aliphatic hydroxyl groups is 1. The van der Waals surface area contributed by atoms with E-state index in [-0.39, 0.29) is 13.0 Å². The lowest BCUT2D eigenvalue weighted by Crippen LogP contribution is -2.45. The molecule has 1 saturated heterocycles. The smallest absolute Gasteiger partial charge is 0.392 e. The molecular formula is C7H12F3NO. The molecule has 1 aliphatic heterocycles. The largest absolute Gasteiger partial charge is 0.393 e. The van der Waals surface area contributed by atoms with Gasteiger partial charge in [-0.1, -0.05) is 0 Å². The van der Waals surface area contributed by atoms with Crippen LogP contribution in [0.4, 0.5) is 13.2 Å². The fraction of sp³-hybridized carbons (Fsp3) is 1.00. The summed E-state index contributed by atoms with van der Waals surface area (Å²) in [7, 11) is 1.58. The van der Waals surface area contributed by atoms with Crippen molar-refractivity contribution in [3.8, 4) is 0 Å². The summed E-state index contributed by atoms with van der Waals surface area (Å²) < 4.78 is 36.5. The van der Waals surface area contributed by atoms with Gasteiger partial charge in [-0.2, -0.15) is 13.2 Å². The first-order valence-corrected chi connectivity index (χ1v) is 3.83. The molecule has 1 aliphatic rings. The standard InChI is InChI=1S/C7H12F3NO/c1-11-3-5(7(8,9)10)2-6(12)4-11/h5-6,12H,2-4H2,1H3. The van der Waals surface area contributed by atoms with Gasteiger partial charge in [-0.05, 0) is 13.5 Å². The molecule has 0 amide bonds. The lowest BCUT2D eigenvalue weighted by molar-refractivity contribution is -0.194. The van der Waals surface area contributed by atoms with E-state index in [4.69, 9.17) is 5.11 Å². The number of hydrogen-bond donors (Lipinski definition) is 1. The summed E-state index contributed by atoms with van der Waals surface area (Å²) in [6, 6.07) is 0. The van der Waals surface area contributed by atoms with Crippen LogP contribution in [0.15, 0.2) is 0 Å². The van der Waals surface area contributed by atoms with Crippen molar-refractivity contribution in [1.29, 1.82) is 0 Å². The Kier molecular flexibility index (Phi) is 2.63. The lowest BCUT2D eigenvalue weighted by Gasteiger charge is -2.33. The zero-order valence-corrected chi connectivity index (χ0v) is 6.80. The van der Waals surface area contributed by atoms with Crippen molar-refractivity contribution >= 4 is 0 Å². The average molecular weight is 183 g/mol. The first-order chi connectivity index (χ1) is 5.39. The average Bonchev–Trinajstić information content (AvgIpc) is 1.82. The Morgan fingerprint density at radius 1 is 1.33 bits per heavy atom. The van der Waals surface area contributed by atoms with Crippen LogP contribution in [0.3, 0.4) is 0 Å². The molecule has 72 valence electrons. The monoisotopic (exact) mass is 183 g/mol. The molecule has 0 radical (unpaired) electrons. The van der Waals surface area contributed by atoms with Crippen LogP contribution in [0, 0.1) is 5.92 Å². The second-order valence-electron chi connectivity index (χ2n) is 3.35. The highest BCUT2D eigenvalue weighted by Gasteiger charge is 2.43. The summed E-state index contributed by atoms with van der Waals surface area (Å²) >= 11 is 0. The van der Waals surface area contributed by atoms with Gasteiger partial charge < -0.3 is 10.0 Å². The van der Waals surface area contributed by atoms with Crippen LogP contribution in [0.25, 0.3) is 0 Å². The van der Waals surface area contributed by atoms with Crippen molar-refractivity contribution < 1.29 is 18.3 Å². The predicted octanol–water partition coefficient (Wildman–Crippen LogP) is 0.861. The highest BCUT2D eigenvalue weighted by Crippen LogP contribution is 2.32. The SMILES string of the molecule is CN1CC(O)CC(C(F)(F)F)C1. The van der Waals surface area contributed by atoms with Gasteiger partial charge >= 0.3 is 6.18 Å². The molecule has 2 nitrogen and oxygen atoms in total. The van der Waals surface area contributed by atoms with Crippen LogP contribution in [-0.4, -0.2) is 42.4 Å². The second kappa shape index (κ2) is 3.22. The van der Waals surface area contributed by atoms with Gasteiger partial charge in [0.05, 0.1) is 12.0 Å². The summed E-state index contributed by atoms with van der Waals surface area (Å²) in [6.45, 7) is 0.340. The van der Waals surface area contributed by atoms with Crippen molar-refractivity contribution in [3.05, 3.63) is 0 Å². The maximum absolute atomic E-state index is 12.2. The molecule has 0 aromatic heterocycles. The number of rotatable bonds is 0. The number of likely N-dealkylation sites (N-methyl/N-ethyl adjacent to an activating group) is 1. The Hall–Kier alpha value is -0.290. The quantitative estimate of drug-likeness (QED) is 0.602. The Bertz CT molecular complexity index is 149. The van der Waals surface area contributed by atoms with Crippen molar-refractivity contribution in [2.75, 3.05) is 20.1 Å². The van der Waals surface area contributed by atoms with Gasteiger partial charge in [0, 0.05) is 13.1 Å². The van der Waals surface area contributed by atoms with E-state index in [9.17, 15) is 13.2 Å². The Labute approximate surface area is 69.0 Å². The van der Waals surface area contributed by atoms with E-state index in [1.165, 1.54) is 4.90 Å². The molecule has 2 atom stereocenters. The Morgan fingerprint density at radius 2 is 1.92 bits per heavy atom. The molecular weight excluding hydrogens is 171 g/mol. The van der Waals surface area contributed by atoms with Crippen molar-refractivity contribution in [1.82, 2.24) is 4.90 Å². The Balaban J connectivity index is 2.55. The third-order valence-corrected chi connectivity index (χ3v) is 2.07. The zero-order valence-electron chi connectivity index (χ0n) is 6.80. The molecule has 5 heteroatoms. The van der Waals surface area contributed by atoms with Gasteiger partial charge in [0.25, 0.3) is 0 Å². The van der Waals surface area contributed by atoms with Crippen LogP contribution in [0.5, 0.6) is 0 Å². The number of piperidine rings is 1. The van der Waals surface area contributed by atoms with Crippen molar-refractivity contribution in [2.24, 2.45) is 5.92 Å². The topological polar surface area (TPSA) is 23.5 Å². The molecule has 1 rings (SSSR count). The minimum Gasteiger partial charge on any atom is -0.392 e. The molecule has 1 N–H and O–H groups in total. The van der Waals surface area contributed by atoms with Gasteiger partial charge in [-0.15, -0.1) is 0 Å². The molecule has 12 heavy (non-hydrogen) atoms. The van der Waals surface area contributed by atoms with Crippen molar-refractivity contribution in [2.45, 2.75) is 18.7 Å². The molecule has 2 unspecified atom stereocenters. The predicted molar refractivity (Wildman–Crippen MR) is 37.7 cm³/mol. The fourth-order valence-corrected chi connectivity index (χ4v) is 1.53. The number of likely N-dealkylation sites (tertiary alicyclic amines) is 1. The number of hydrogen-bond acceptors (Lipinski definition) is 2. The molecule has 0 aromatic carbocycles. The number of halogens is 3. The van der Waals surface area contributed by atoms with Crippen LogP contribution >= 0.6 is 0 Å². The third-order valence-electron chi connectivity index (χ3n) is 2.07. The van der Waals surface area contributed by atoms with E-state index in [1.807, 2.05) is 0 Å². The Morgan fingerprint density at radius 3 is 2.33 bits per heavy atom. The van der Waals surface area contributed by atoms with E-state index >= 15 is 0 Å². The molecule has 0 aliphatic carbocycles. The summed E-state index contributed by atoms with van der Waals surface area (Å²) in [5.41, 5.74) is 0. The minimum atomic E-state index is -4.17. The van der Waals surface area contributed by atoms with Gasteiger partial charge in [0.2, 0.25) is 0 Å². The van der Waals surface area contributed by atoms with Crippen LogP contribution in [-0.2, 0) is 0 Å². The molecule has 0 saturated carbocycles. The normalized spacial score (nSPS) is 33.8. The van der Waals surface area contributed by atoms with Crippen LogP contribution < -0.4 is 0 Å². The highest BCUT2D eigenvalue weighted by molar-refractivity contribution is 4.80. The van der Waals surface area contributed by atoms with E-state index in [2.05, 4.69) is 0 Å². The van der Waals surface area contributed by atoms with E-state index in [0.717, 1.165) is 0 Å². The molecule has 0 bridgehead atoms. The van der Waals surface area contributed by atoms with Crippen LogP contribution in [0.2, 0.25) is 0 Å². The van der Waals surface area contributed by atoms with E-state index in [0.29, 0.717) is 6.54 Å². The first-order valence-electron chi connectivity index (χ1n) is 3.83. The summed E-state index contributed by atoms with van der Waals surface area (Å²) in [4.78, 5) is 1.51. The molecule has 0 spiro atoms. The van der Waals surface area contributed by atoms with E-state index in [1.54, 1.807) is 7.05 Å². The minimum absolute atomic E-state index is 0.000556. The zero-order chi connectivity index (χ0) is 9.35. The molecule has 0 aromatic rings. The molecule has 1 heterocycles. The highest BCUT2D eigenvalue weighted by atomic mass is 19.4. The summed E-state index contributed by atoms with van der Waals surface area (Å²) in [6.07, 6.45) is -5.17. The first kappa shape index (κ1) is 9.80. The maximum atomic E-state index is 12.2. The summed E-state index contributed by atoms with van der Waals surface area (Å²) in [5, 5.41) is 9.07. The maximum Gasteiger partial charge on any atom is 0.393 e. The van der Waals surface area contributed by atoms with Gasteiger partial charge in [-0.25, -0.2) is 0 Å². The van der Waals surface area contributed by atoms with Gasteiger partial charge in [0.15, 0.2) is 0 Å². The van der Waals surface area contributed by atoms with E-state index < -0.39 is 18.2 Å². The lowest BCUT2D eigenvalue weighted by atomic mass is 9.96. The van der Waals surface area contributed by atoms with Crippen LogP contribution in [0.1, 0.15) is 6.42 Å². The van der Waals surface area contributed by atoms with Crippen molar-refractivity contribution in [3.63, 3.8) is 0 Å². The van der Waals surface area contributed by atoms with Gasteiger partial charge in [0.1, 0.15) is 0 Å². The van der Waals surface area contributed by atoms with Gasteiger partial charge in [-0.3, -0.25) is 0 Å². The number of aliphatic hydroxyl groups excluding tert-OH is 1. The fourth-order valence-electron chi connectivity index (χ4n) is 1.53. The number of alkyl halides is 3. The second-order valence-corrected chi connectivity index (χ2v) is 3.35. The number of nitrogens with zero attached hydrogens (tertiary/aromatic N) is 1.